The lowest BCUT2D eigenvalue weighted by atomic mass is 10.1. The maximum absolute atomic E-state index is 10.7. The van der Waals surface area contributed by atoms with E-state index < -0.39 is 7.91 Å². The molecule has 0 rings (SSSR count). The van der Waals surface area contributed by atoms with Gasteiger partial charge in [-0.05, 0) is 12.8 Å². The second-order valence-electron chi connectivity index (χ2n) is 3.13. The van der Waals surface area contributed by atoms with Gasteiger partial charge in [-0.15, -0.1) is 0 Å². The summed E-state index contributed by atoms with van der Waals surface area (Å²) in [5.41, 5.74) is 0. The van der Waals surface area contributed by atoms with Crippen LogP contribution in [0.15, 0.2) is 11.8 Å². The Bertz CT molecular complexity index is 268. The number of allylic oxidation sites excluding steroid dienone is 2. The Morgan fingerprint density at radius 1 is 1.46 bits per heavy atom. The van der Waals surface area contributed by atoms with E-state index >= 15 is 0 Å². The number of hydrogen-bond donors (Lipinski definition) is 0. The topological polar surface area (TPSA) is 60.4 Å². The Labute approximate surface area is 77.9 Å². The van der Waals surface area contributed by atoms with E-state index in [1.54, 1.807) is 0 Å². The van der Waals surface area contributed by atoms with Crippen LogP contribution < -0.4 is 0 Å². The van der Waals surface area contributed by atoms with Gasteiger partial charge >= 0.3 is 7.91 Å². The van der Waals surface area contributed by atoms with Gasteiger partial charge < -0.3 is 4.52 Å². The second kappa shape index (κ2) is 5.70. The first-order valence-electron chi connectivity index (χ1n) is 3.95. The molecule has 0 saturated heterocycles. The Balaban J connectivity index is 4.45. The zero-order chi connectivity index (χ0) is 10.4. The zero-order valence-electron chi connectivity index (χ0n) is 7.94. The molecule has 0 aliphatic carbocycles. The molecule has 0 bridgehead atoms. The summed E-state index contributed by atoms with van der Waals surface area (Å²) in [6.07, 6.45) is 1.65. The van der Waals surface area contributed by atoms with Crippen LogP contribution in [0, 0.1) is 5.92 Å². The molecule has 0 aromatic heterocycles. The van der Waals surface area contributed by atoms with E-state index in [9.17, 15) is 13.9 Å². The minimum Gasteiger partial charge on any atom is -0.391 e. The third-order valence-electron chi connectivity index (χ3n) is 1.17. The molecule has 5 heteroatoms. The highest BCUT2D eigenvalue weighted by atomic mass is 31.1. The predicted octanol–water partition coefficient (Wildman–Crippen LogP) is 2.61. The van der Waals surface area contributed by atoms with Gasteiger partial charge in [-0.2, -0.15) is 9.13 Å². The fraction of sp³-hybridized carbons (Fsp3) is 0.625. The zero-order valence-corrected chi connectivity index (χ0v) is 8.84. The molecule has 0 spiro atoms. The third kappa shape index (κ3) is 7.47. The standard InChI is InChI=1S/C8H13O4P/c1-6(2)4-8(5-7(3)9)12-13(10)11/h5-6H,4H2,1-3H3/b8-5-. The highest BCUT2D eigenvalue weighted by Gasteiger charge is 2.06. The van der Waals surface area contributed by atoms with E-state index in [0.717, 1.165) is 0 Å². The van der Waals surface area contributed by atoms with Crippen LogP contribution in [-0.2, 0) is 18.4 Å². The van der Waals surface area contributed by atoms with Crippen LogP contribution in [-0.4, -0.2) is 5.78 Å². The smallest absolute Gasteiger partial charge is 0.391 e. The van der Waals surface area contributed by atoms with Gasteiger partial charge in [0.15, 0.2) is 5.78 Å². The number of ketones is 1. The summed E-state index contributed by atoms with van der Waals surface area (Å²) in [6.45, 7) is 5.17. The van der Waals surface area contributed by atoms with Gasteiger partial charge in [0.25, 0.3) is 0 Å². The molecular formula is C8H13O4P. The molecule has 0 aliphatic rings. The van der Waals surface area contributed by atoms with Crippen molar-refractivity contribution in [1.29, 1.82) is 0 Å². The van der Waals surface area contributed by atoms with E-state index in [4.69, 9.17) is 0 Å². The summed E-state index contributed by atoms with van der Waals surface area (Å²) in [5.74, 6) is 0.242. The minimum atomic E-state index is -2.92. The second-order valence-corrected chi connectivity index (χ2v) is 3.76. The van der Waals surface area contributed by atoms with Crippen LogP contribution in [0.5, 0.6) is 0 Å². The molecule has 0 radical (unpaired) electrons. The highest BCUT2D eigenvalue weighted by Crippen LogP contribution is 2.20. The maximum atomic E-state index is 10.7. The summed E-state index contributed by atoms with van der Waals surface area (Å²) < 4.78 is 24.9. The van der Waals surface area contributed by atoms with Gasteiger partial charge in [0, 0.05) is 12.5 Å². The number of hydrogen-bond acceptors (Lipinski definition) is 4. The van der Waals surface area contributed by atoms with Crippen LogP contribution in [0.1, 0.15) is 27.2 Å². The average Bonchev–Trinajstić information content (AvgIpc) is 1.80. The molecule has 0 saturated carbocycles. The Kier molecular flexibility index (Phi) is 5.31. The summed E-state index contributed by atoms with van der Waals surface area (Å²) in [6, 6.07) is 0. The quantitative estimate of drug-likeness (QED) is 0.392. The summed E-state index contributed by atoms with van der Waals surface area (Å²) in [4.78, 5) is 10.7. The highest BCUT2D eigenvalue weighted by molar-refractivity contribution is 7.24. The van der Waals surface area contributed by atoms with Gasteiger partial charge in [-0.1, -0.05) is 13.8 Å². The first-order valence-corrected chi connectivity index (χ1v) is 5.05. The molecule has 0 atom stereocenters. The van der Waals surface area contributed by atoms with E-state index in [1.807, 2.05) is 13.8 Å². The van der Waals surface area contributed by atoms with Crippen LogP contribution in [0.2, 0.25) is 0 Å². The summed E-state index contributed by atoms with van der Waals surface area (Å²) in [7, 11) is -2.92. The largest absolute Gasteiger partial charge is 0.528 e. The van der Waals surface area contributed by atoms with Crippen molar-refractivity contribution in [2.24, 2.45) is 5.92 Å². The average molecular weight is 204 g/mol. The molecule has 74 valence electrons. The normalized spacial score (nSPS) is 11.5. The SMILES string of the molecule is CC(=O)/C=C(/CC(C)C)OP(=O)=O. The summed E-state index contributed by atoms with van der Waals surface area (Å²) >= 11 is 0. The van der Waals surface area contributed by atoms with Gasteiger partial charge in [0.05, 0.1) is 0 Å². The fourth-order valence-corrected chi connectivity index (χ4v) is 1.17. The number of rotatable bonds is 5. The lowest BCUT2D eigenvalue weighted by Crippen LogP contribution is -1.95. The minimum absolute atomic E-state index is 0.207. The monoisotopic (exact) mass is 204 g/mol. The van der Waals surface area contributed by atoms with Crippen LogP contribution in [0.3, 0.4) is 0 Å². The van der Waals surface area contributed by atoms with Crippen molar-refractivity contribution in [3.63, 3.8) is 0 Å². The molecule has 0 amide bonds. The number of carbonyl (C=O) groups is 1. The Hall–Kier alpha value is -0.890. The Morgan fingerprint density at radius 2 is 2.00 bits per heavy atom. The van der Waals surface area contributed by atoms with Crippen molar-refractivity contribution in [2.75, 3.05) is 0 Å². The molecule has 0 aliphatic heterocycles. The lowest BCUT2D eigenvalue weighted by Gasteiger charge is -2.05. The van der Waals surface area contributed by atoms with Crippen LogP contribution >= 0.6 is 7.91 Å². The molecule has 0 N–H and O–H groups in total. The molecular weight excluding hydrogens is 191 g/mol. The van der Waals surface area contributed by atoms with Gasteiger partial charge in [0.2, 0.25) is 0 Å². The molecule has 4 nitrogen and oxygen atoms in total. The summed E-state index contributed by atoms with van der Waals surface area (Å²) in [5, 5.41) is 0. The molecule has 0 unspecified atom stereocenters. The van der Waals surface area contributed by atoms with E-state index in [1.165, 1.54) is 13.0 Å². The third-order valence-corrected chi connectivity index (χ3v) is 1.55. The van der Waals surface area contributed by atoms with Gasteiger partial charge in [-0.3, -0.25) is 4.79 Å². The van der Waals surface area contributed by atoms with Gasteiger partial charge in [-0.25, -0.2) is 0 Å². The van der Waals surface area contributed by atoms with Gasteiger partial charge in [0.1, 0.15) is 5.76 Å². The van der Waals surface area contributed by atoms with Crippen molar-refractivity contribution in [3.8, 4) is 0 Å². The number of carbonyl (C=O) groups excluding carboxylic acids is 1. The van der Waals surface area contributed by atoms with Crippen molar-refractivity contribution in [3.05, 3.63) is 11.8 Å². The lowest BCUT2D eigenvalue weighted by molar-refractivity contribution is -0.112. The van der Waals surface area contributed by atoms with Crippen molar-refractivity contribution in [2.45, 2.75) is 27.2 Å². The Morgan fingerprint density at radius 3 is 2.31 bits per heavy atom. The molecule has 0 aromatic carbocycles. The fourth-order valence-electron chi connectivity index (χ4n) is 0.847. The molecule has 0 fully saturated rings. The van der Waals surface area contributed by atoms with Crippen molar-refractivity contribution in [1.82, 2.24) is 0 Å². The first-order chi connectivity index (χ1) is 5.91. The van der Waals surface area contributed by atoms with E-state index in [-0.39, 0.29) is 17.5 Å². The first kappa shape index (κ1) is 12.1. The van der Waals surface area contributed by atoms with E-state index in [2.05, 4.69) is 4.52 Å². The maximum Gasteiger partial charge on any atom is 0.528 e. The van der Waals surface area contributed by atoms with E-state index in [0.29, 0.717) is 6.42 Å². The van der Waals surface area contributed by atoms with Crippen molar-refractivity contribution < 1.29 is 18.4 Å². The van der Waals surface area contributed by atoms with Crippen LogP contribution in [0.25, 0.3) is 0 Å². The molecule has 0 aromatic rings. The van der Waals surface area contributed by atoms with Crippen molar-refractivity contribution >= 4 is 13.7 Å². The molecule has 13 heavy (non-hydrogen) atoms. The van der Waals surface area contributed by atoms with Crippen LogP contribution in [0.4, 0.5) is 0 Å². The molecule has 0 heterocycles. The predicted molar refractivity (Wildman–Crippen MR) is 47.6 cm³/mol.